The van der Waals surface area contributed by atoms with Crippen LogP contribution in [-0.2, 0) is 4.79 Å². The Morgan fingerprint density at radius 3 is 2.53 bits per heavy atom. The second kappa shape index (κ2) is 6.65. The second-order valence-electron chi connectivity index (χ2n) is 4.95. The number of piperidine rings is 1. The van der Waals surface area contributed by atoms with Gasteiger partial charge in [-0.2, -0.15) is 5.10 Å². The van der Waals surface area contributed by atoms with Crippen molar-refractivity contribution in [2.45, 2.75) is 32.7 Å². The molecule has 0 atom stereocenters. The van der Waals surface area contributed by atoms with Crippen molar-refractivity contribution in [3.8, 4) is 0 Å². The molecule has 19 heavy (non-hydrogen) atoms. The highest BCUT2D eigenvalue weighted by atomic mass is 16.2. The number of rotatable bonds is 5. The van der Waals surface area contributed by atoms with E-state index < -0.39 is 0 Å². The van der Waals surface area contributed by atoms with E-state index in [4.69, 9.17) is 0 Å². The first-order chi connectivity index (χ1) is 9.24. The van der Waals surface area contributed by atoms with Gasteiger partial charge in [-0.05, 0) is 26.7 Å². The zero-order valence-corrected chi connectivity index (χ0v) is 11.8. The number of hydrogen-bond donors (Lipinski definition) is 0. The minimum atomic E-state index is 0.240. The average molecular weight is 265 g/mol. The van der Waals surface area contributed by atoms with Crippen LogP contribution in [0.5, 0.6) is 0 Å². The average Bonchev–Trinajstić information content (AvgIpc) is 2.95. The number of hydrogen-bond acceptors (Lipinski definition) is 4. The van der Waals surface area contributed by atoms with Gasteiger partial charge in [0.15, 0.2) is 0 Å². The summed E-state index contributed by atoms with van der Waals surface area (Å²) in [5.41, 5.74) is 0. The molecule has 1 fully saturated rings. The molecule has 0 radical (unpaired) electrons. The van der Waals surface area contributed by atoms with Crippen LogP contribution in [0.4, 0.5) is 0 Å². The van der Waals surface area contributed by atoms with E-state index in [0.717, 1.165) is 39.0 Å². The molecule has 106 valence electrons. The maximum Gasteiger partial charge on any atom is 0.236 e. The Labute approximate surface area is 114 Å². The zero-order chi connectivity index (χ0) is 13.7. The zero-order valence-electron chi connectivity index (χ0n) is 11.8. The molecular formula is C13H23N5O. The lowest BCUT2D eigenvalue weighted by atomic mass is 10.1. The maximum absolute atomic E-state index is 12.0. The lowest BCUT2D eigenvalue weighted by molar-refractivity contribution is -0.132. The van der Waals surface area contributed by atoms with Crippen LogP contribution < -0.4 is 0 Å². The van der Waals surface area contributed by atoms with Gasteiger partial charge in [-0.1, -0.05) is 0 Å². The Kier molecular flexibility index (Phi) is 4.90. The molecule has 1 aromatic rings. The highest BCUT2D eigenvalue weighted by Gasteiger charge is 2.23. The molecular weight excluding hydrogens is 242 g/mol. The SMILES string of the molecule is CCN(CC)C(=O)CN1CCC(n2cncn2)CC1. The number of carbonyl (C=O) groups excluding carboxylic acids is 1. The summed E-state index contributed by atoms with van der Waals surface area (Å²) in [5.74, 6) is 0.240. The smallest absolute Gasteiger partial charge is 0.236 e. The van der Waals surface area contributed by atoms with Gasteiger partial charge < -0.3 is 4.90 Å². The third kappa shape index (κ3) is 3.53. The van der Waals surface area contributed by atoms with Crippen LogP contribution in [0.1, 0.15) is 32.7 Å². The first-order valence-electron chi connectivity index (χ1n) is 7.08. The summed E-state index contributed by atoms with van der Waals surface area (Å²) in [5, 5.41) is 4.19. The molecule has 1 amide bonds. The van der Waals surface area contributed by atoms with Crippen molar-refractivity contribution >= 4 is 5.91 Å². The summed E-state index contributed by atoms with van der Waals surface area (Å²) >= 11 is 0. The minimum absolute atomic E-state index is 0.240. The standard InChI is InChI=1S/C13H23N5O/c1-3-17(4-2)13(19)9-16-7-5-12(6-8-16)18-11-14-10-15-18/h10-12H,3-9H2,1-2H3. The Balaban J connectivity index is 1.79. The lowest BCUT2D eigenvalue weighted by Gasteiger charge is -2.32. The van der Waals surface area contributed by atoms with Crippen molar-refractivity contribution in [2.75, 3.05) is 32.7 Å². The quantitative estimate of drug-likeness (QED) is 0.789. The van der Waals surface area contributed by atoms with Crippen LogP contribution in [0, 0.1) is 0 Å². The normalized spacial score (nSPS) is 17.6. The van der Waals surface area contributed by atoms with Crippen LogP contribution in [0.25, 0.3) is 0 Å². The van der Waals surface area contributed by atoms with E-state index in [1.165, 1.54) is 0 Å². The predicted octanol–water partition coefficient (Wildman–Crippen LogP) is 0.783. The predicted molar refractivity (Wildman–Crippen MR) is 72.7 cm³/mol. The summed E-state index contributed by atoms with van der Waals surface area (Å²) in [4.78, 5) is 20.2. The van der Waals surface area contributed by atoms with Gasteiger partial charge in [0.05, 0.1) is 12.6 Å². The molecule has 0 N–H and O–H groups in total. The first-order valence-corrected chi connectivity index (χ1v) is 7.08. The molecule has 1 saturated heterocycles. The van der Waals surface area contributed by atoms with Crippen molar-refractivity contribution in [1.82, 2.24) is 24.6 Å². The van der Waals surface area contributed by atoms with E-state index in [1.54, 1.807) is 12.7 Å². The number of amides is 1. The van der Waals surface area contributed by atoms with E-state index in [1.807, 2.05) is 23.4 Å². The number of likely N-dealkylation sites (tertiary alicyclic amines) is 1. The van der Waals surface area contributed by atoms with Gasteiger partial charge in [-0.3, -0.25) is 9.69 Å². The molecule has 6 nitrogen and oxygen atoms in total. The van der Waals surface area contributed by atoms with Crippen molar-refractivity contribution in [2.24, 2.45) is 0 Å². The highest BCUT2D eigenvalue weighted by molar-refractivity contribution is 5.78. The molecule has 1 aliphatic rings. The van der Waals surface area contributed by atoms with Crippen molar-refractivity contribution in [3.05, 3.63) is 12.7 Å². The minimum Gasteiger partial charge on any atom is -0.342 e. The van der Waals surface area contributed by atoms with Gasteiger partial charge in [0.1, 0.15) is 12.7 Å². The van der Waals surface area contributed by atoms with Gasteiger partial charge in [0.25, 0.3) is 0 Å². The summed E-state index contributed by atoms with van der Waals surface area (Å²) in [6, 6.07) is 0.433. The molecule has 1 aliphatic heterocycles. The fourth-order valence-corrected chi connectivity index (χ4v) is 2.62. The first kappa shape index (κ1) is 14.0. The Morgan fingerprint density at radius 2 is 2.00 bits per heavy atom. The summed E-state index contributed by atoms with van der Waals surface area (Å²) < 4.78 is 1.93. The van der Waals surface area contributed by atoms with Crippen molar-refractivity contribution < 1.29 is 4.79 Å². The fraction of sp³-hybridized carbons (Fsp3) is 0.769. The van der Waals surface area contributed by atoms with Gasteiger partial charge >= 0.3 is 0 Å². The summed E-state index contributed by atoms with van der Waals surface area (Å²) in [6.07, 6.45) is 5.43. The molecule has 1 aromatic heterocycles. The lowest BCUT2D eigenvalue weighted by Crippen LogP contribution is -2.43. The Bertz CT molecular complexity index is 380. The highest BCUT2D eigenvalue weighted by Crippen LogP contribution is 2.20. The molecule has 0 unspecified atom stereocenters. The van der Waals surface area contributed by atoms with E-state index in [2.05, 4.69) is 15.0 Å². The van der Waals surface area contributed by atoms with E-state index in [0.29, 0.717) is 12.6 Å². The van der Waals surface area contributed by atoms with Crippen LogP contribution >= 0.6 is 0 Å². The number of carbonyl (C=O) groups is 1. The van der Waals surface area contributed by atoms with Crippen LogP contribution in [0.3, 0.4) is 0 Å². The molecule has 0 aliphatic carbocycles. The van der Waals surface area contributed by atoms with Crippen molar-refractivity contribution in [3.63, 3.8) is 0 Å². The third-order valence-electron chi connectivity index (χ3n) is 3.84. The summed E-state index contributed by atoms with van der Waals surface area (Å²) in [6.45, 7) is 8.10. The van der Waals surface area contributed by atoms with Gasteiger partial charge in [-0.25, -0.2) is 9.67 Å². The molecule has 6 heteroatoms. The third-order valence-corrected chi connectivity index (χ3v) is 3.84. The Hall–Kier alpha value is -1.43. The molecule has 0 bridgehead atoms. The number of likely N-dealkylation sites (N-methyl/N-ethyl adjacent to an activating group) is 1. The van der Waals surface area contributed by atoms with Crippen LogP contribution in [0.15, 0.2) is 12.7 Å². The number of nitrogens with zero attached hydrogens (tertiary/aromatic N) is 5. The fourth-order valence-electron chi connectivity index (χ4n) is 2.62. The molecule has 2 heterocycles. The van der Waals surface area contributed by atoms with Gasteiger partial charge in [0, 0.05) is 26.2 Å². The maximum atomic E-state index is 12.0. The molecule has 0 aromatic carbocycles. The molecule has 2 rings (SSSR count). The number of aromatic nitrogens is 3. The molecule has 0 saturated carbocycles. The van der Waals surface area contributed by atoms with Crippen molar-refractivity contribution in [1.29, 1.82) is 0 Å². The summed E-state index contributed by atoms with van der Waals surface area (Å²) in [7, 11) is 0. The monoisotopic (exact) mass is 265 g/mol. The second-order valence-corrected chi connectivity index (χ2v) is 4.95. The molecule has 0 spiro atoms. The van der Waals surface area contributed by atoms with Gasteiger partial charge in [-0.15, -0.1) is 0 Å². The Morgan fingerprint density at radius 1 is 1.32 bits per heavy atom. The largest absolute Gasteiger partial charge is 0.342 e. The van der Waals surface area contributed by atoms with E-state index in [-0.39, 0.29) is 5.91 Å². The van der Waals surface area contributed by atoms with Crippen LogP contribution in [-0.4, -0.2) is 63.2 Å². The van der Waals surface area contributed by atoms with Gasteiger partial charge in [0.2, 0.25) is 5.91 Å². The van der Waals surface area contributed by atoms with E-state index in [9.17, 15) is 4.79 Å². The van der Waals surface area contributed by atoms with Crippen LogP contribution in [0.2, 0.25) is 0 Å². The topological polar surface area (TPSA) is 54.3 Å². The van der Waals surface area contributed by atoms with E-state index >= 15 is 0 Å².